The first-order valence-corrected chi connectivity index (χ1v) is 7.76. The molecule has 0 fully saturated rings. The van der Waals surface area contributed by atoms with E-state index in [0.29, 0.717) is 16.8 Å². The monoisotopic (exact) mass is 401 g/mol. The number of rotatable bonds is 4. The molecule has 3 rings (SSSR count). The Labute approximate surface area is 160 Å². The van der Waals surface area contributed by atoms with Gasteiger partial charge in [0.05, 0.1) is 28.5 Å². The standard InChI is InChI=1S/C17H10F3N7O2/c18-17(19,20)12-1-10(4-21)2-13(3-12)27-16(29)26(9-25-27)7-14(15(22)28)11-5-23-8-24-6-11/h1-3,5-9H,(H2,22,28)/b14-7+. The quantitative estimate of drug-likeness (QED) is 0.653. The number of halogens is 3. The minimum atomic E-state index is -4.72. The largest absolute Gasteiger partial charge is 0.416 e. The van der Waals surface area contributed by atoms with Crippen LogP contribution in [0.25, 0.3) is 17.5 Å². The van der Waals surface area contributed by atoms with Crippen LogP contribution in [0.15, 0.2) is 48.0 Å². The summed E-state index contributed by atoms with van der Waals surface area (Å²) in [5, 5.41) is 12.7. The van der Waals surface area contributed by atoms with Gasteiger partial charge in [-0.25, -0.2) is 14.8 Å². The van der Waals surface area contributed by atoms with Crippen LogP contribution in [0.4, 0.5) is 13.2 Å². The summed E-state index contributed by atoms with van der Waals surface area (Å²) >= 11 is 0. The first-order chi connectivity index (χ1) is 13.7. The molecule has 29 heavy (non-hydrogen) atoms. The number of amides is 1. The fourth-order valence-electron chi connectivity index (χ4n) is 2.40. The Morgan fingerprint density at radius 2 is 1.90 bits per heavy atom. The van der Waals surface area contributed by atoms with E-state index >= 15 is 0 Å². The van der Waals surface area contributed by atoms with Crippen LogP contribution in [0.3, 0.4) is 0 Å². The summed E-state index contributed by atoms with van der Waals surface area (Å²) in [5.41, 5.74) is 2.87. The van der Waals surface area contributed by atoms with Crippen LogP contribution in [-0.2, 0) is 11.0 Å². The summed E-state index contributed by atoms with van der Waals surface area (Å²) in [5.74, 6) is -0.884. The molecule has 1 amide bonds. The molecular formula is C17H10F3N7O2. The van der Waals surface area contributed by atoms with Gasteiger partial charge < -0.3 is 5.73 Å². The first kappa shape index (κ1) is 19.5. The lowest BCUT2D eigenvalue weighted by molar-refractivity contribution is -0.137. The highest BCUT2D eigenvalue weighted by Gasteiger charge is 2.31. The molecule has 0 atom stereocenters. The van der Waals surface area contributed by atoms with Crippen molar-refractivity contribution in [1.29, 1.82) is 5.26 Å². The predicted octanol–water partition coefficient (Wildman–Crippen LogP) is 1.20. The Kier molecular flexibility index (Phi) is 4.97. The van der Waals surface area contributed by atoms with Crippen molar-refractivity contribution in [1.82, 2.24) is 24.3 Å². The molecule has 3 aromatic rings. The fraction of sp³-hybridized carbons (Fsp3) is 0.0588. The van der Waals surface area contributed by atoms with Crippen LogP contribution in [0, 0.1) is 11.3 Å². The second-order valence-electron chi connectivity index (χ2n) is 5.64. The molecule has 0 saturated heterocycles. The van der Waals surface area contributed by atoms with Crippen LogP contribution in [0.5, 0.6) is 0 Å². The molecule has 0 spiro atoms. The van der Waals surface area contributed by atoms with Gasteiger partial charge in [0, 0.05) is 24.2 Å². The molecule has 0 aliphatic heterocycles. The number of benzene rings is 1. The van der Waals surface area contributed by atoms with Crippen molar-refractivity contribution in [2.45, 2.75) is 6.18 Å². The van der Waals surface area contributed by atoms with Crippen LogP contribution in [0.2, 0.25) is 0 Å². The maximum absolute atomic E-state index is 13.1. The van der Waals surface area contributed by atoms with Crippen LogP contribution in [0.1, 0.15) is 16.7 Å². The molecule has 146 valence electrons. The molecule has 0 bridgehead atoms. The predicted molar refractivity (Wildman–Crippen MR) is 92.9 cm³/mol. The van der Waals surface area contributed by atoms with Gasteiger partial charge >= 0.3 is 11.9 Å². The maximum Gasteiger partial charge on any atom is 0.416 e. The second kappa shape index (κ2) is 7.39. The topological polar surface area (TPSA) is 132 Å². The van der Waals surface area contributed by atoms with Gasteiger partial charge in [-0.1, -0.05) is 0 Å². The van der Waals surface area contributed by atoms with Crippen molar-refractivity contribution < 1.29 is 18.0 Å². The maximum atomic E-state index is 13.1. The molecular weight excluding hydrogens is 391 g/mol. The smallest absolute Gasteiger partial charge is 0.366 e. The average Bonchev–Trinajstić information content (AvgIpc) is 3.05. The Hall–Kier alpha value is -4.27. The fourth-order valence-corrected chi connectivity index (χ4v) is 2.40. The molecule has 0 aliphatic rings. The molecule has 0 saturated carbocycles. The highest BCUT2D eigenvalue weighted by molar-refractivity contribution is 6.22. The van der Waals surface area contributed by atoms with Gasteiger partial charge in [-0.3, -0.25) is 9.36 Å². The normalized spacial score (nSPS) is 11.9. The van der Waals surface area contributed by atoms with E-state index in [1.165, 1.54) is 18.7 Å². The Bertz CT molecular complexity index is 1200. The number of aromatic nitrogens is 5. The molecule has 0 aliphatic carbocycles. The zero-order chi connectivity index (χ0) is 21.2. The van der Waals surface area contributed by atoms with Crippen LogP contribution in [-0.4, -0.2) is 30.2 Å². The lowest BCUT2D eigenvalue weighted by atomic mass is 10.1. The summed E-state index contributed by atoms with van der Waals surface area (Å²) in [6.07, 6.45) is 1.15. The highest BCUT2D eigenvalue weighted by Crippen LogP contribution is 2.31. The van der Waals surface area contributed by atoms with E-state index in [1.807, 2.05) is 0 Å². The van der Waals surface area contributed by atoms with E-state index in [0.717, 1.165) is 23.2 Å². The van der Waals surface area contributed by atoms with Crippen molar-refractivity contribution in [2.24, 2.45) is 5.73 Å². The molecule has 0 radical (unpaired) electrons. The summed E-state index contributed by atoms with van der Waals surface area (Å²) in [7, 11) is 0. The van der Waals surface area contributed by atoms with E-state index in [9.17, 15) is 22.8 Å². The number of nitrogens with two attached hydrogens (primary N) is 1. The van der Waals surface area contributed by atoms with Gasteiger partial charge in [-0.15, -0.1) is 0 Å². The summed E-state index contributed by atoms with van der Waals surface area (Å²) in [6.45, 7) is 0. The number of alkyl halides is 3. The summed E-state index contributed by atoms with van der Waals surface area (Å²) in [6, 6.07) is 4.03. The number of hydrogen-bond donors (Lipinski definition) is 1. The third-order valence-corrected chi connectivity index (χ3v) is 3.72. The number of primary amides is 1. The van der Waals surface area contributed by atoms with Gasteiger partial charge in [0.15, 0.2) is 0 Å². The SMILES string of the molecule is N#Cc1cc(-n2ncn(/C=C(/C(N)=O)c3cncnc3)c2=O)cc(C(F)(F)F)c1. The Morgan fingerprint density at radius 1 is 1.21 bits per heavy atom. The first-order valence-electron chi connectivity index (χ1n) is 7.76. The lowest BCUT2D eigenvalue weighted by Crippen LogP contribution is -2.23. The van der Waals surface area contributed by atoms with Gasteiger partial charge in [-0.05, 0) is 18.2 Å². The van der Waals surface area contributed by atoms with E-state index in [-0.39, 0.29) is 22.4 Å². The average molecular weight is 401 g/mol. The van der Waals surface area contributed by atoms with Crippen molar-refractivity contribution in [3.63, 3.8) is 0 Å². The minimum Gasteiger partial charge on any atom is -0.366 e. The molecule has 2 aromatic heterocycles. The van der Waals surface area contributed by atoms with Crippen LogP contribution >= 0.6 is 0 Å². The minimum absolute atomic E-state index is 0.117. The zero-order valence-electron chi connectivity index (χ0n) is 14.3. The van der Waals surface area contributed by atoms with Crippen molar-refractivity contribution >= 4 is 17.7 Å². The Balaban J connectivity index is 2.12. The van der Waals surface area contributed by atoms with E-state index in [1.54, 1.807) is 6.07 Å². The van der Waals surface area contributed by atoms with Gasteiger partial charge in [0.2, 0.25) is 0 Å². The molecule has 0 unspecified atom stereocenters. The Morgan fingerprint density at radius 3 is 2.48 bits per heavy atom. The third-order valence-electron chi connectivity index (χ3n) is 3.72. The van der Waals surface area contributed by atoms with E-state index in [2.05, 4.69) is 15.1 Å². The number of carbonyl (C=O) groups excluding carboxylic acids is 1. The van der Waals surface area contributed by atoms with E-state index in [4.69, 9.17) is 11.0 Å². The van der Waals surface area contributed by atoms with Crippen molar-refractivity contribution in [2.75, 3.05) is 0 Å². The highest BCUT2D eigenvalue weighted by atomic mass is 19.4. The number of carbonyl (C=O) groups is 1. The van der Waals surface area contributed by atoms with Gasteiger partial charge in [0.25, 0.3) is 5.91 Å². The lowest BCUT2D eigenvalue weighted by Gasteiger charge is -2.09. The summed E-state index contributed by atoms with van der Waals surface area (Å²) in [4.78, 5) is 31.8. The molecule has 2 heterocycles. The van der Waals surface area contributed by atoms with Crippen molar-refractivity contribution in [3.05, 3.63) is 70.4 Å². The number of nitrogens with zero attached hydrogens (tertiary/aromatic N) is 6. The van der Waals surface area contributed by atoms with Crippen LogP contribution < -0.4 is 11.4 Å². The molecule has 9 nitrogen and oxygen atoms in total. The zero-order valence-corrected chi connectivity index (χ0v) is 14.3. The van der Waals surface area contributed by atoms with Gasteiger partial charge in [-0.2, -0.15) is 28.2 Å². The third kappa shape index (κ3) is 4.03. The molecule has 12 heteroatoms. The number of hydrogen-bond acceptors (Lipinski definition) is 6. The van der Waals surface area contributed by atoms with E-state index < -0.39 is 23.3 Å². The second-order valence-corrected chi connectivity index (χ2v) is 5.64. The molecule has 2 N–H and O–H groups in total. The van der Waals surface area contributed by atoms with Gasteiger partial charge in [0.1, 0.15) is 12.7 Å². The molecule has 1 aromatic carbocycles. The summed E-state index contributed by atoms with van der Waals surface area (Å²) < 4.78 is 40.7. The number of nitriles is 1. The van der Waals surface area contributed by atoms with Crippen molar-refractivity contribution in [3.8, 4) is 11.8 Å².